The van der Waals surface area contributed by atoms with Crippen LogP contribution in [-0.2, 0) is 4.74 Å². The van der Waals surface area contributed by atoms with Gasteiger partial charge in [-0.1, -0.05) is 6.07 Å². The quantitative estimate of drug-likeness (QED) is 0.933. The van der Waals surface area contributed by atoms with Crippen LogP contribution in [0.3, 0.4) is 0 Å². The molecule has 0 radical (unpaired) electrons. The standard InChI is InChI=1S/C17H21FN2O2S/c1-17(2,20-6-8-22-9-7-20)11-19-16(21)15-10-12-13(18)4-3-5-14(12)23-15/h3-5,10H,6-9,11H2,1-2H3,(H,19,21). The van der Waals surface area contributed by atoms with Crippen LogP contribution in [0.5, 0.6) is 0 Å². The Morgan fingerprint density at radius 1 is 1.39 bits per heavy atom. The summed E-state index contributed by atoms with van der Waals surface area (Å²) in [4.78, 5) is 15.3. The monoisotopic (exact) mass is 336 g/mol. The number of morpholine rings is 1. The van der Waals surface area contributed by atoms with Crippen LogP contribution < -0.4 is 5.32 Å². The topological polar surface area (TPSA) is 41.6 Å². The van der Waals surface area contributed by atoms with Crippen molar-refractivity contribution >= 4 is 27.3 Å². The molecule has 1 amide bonds. The van der Waals surface area contributed by atoms with Crippen molar-refractivity contribution in [2.45, 2.75) is 19.4 Å². The Labute approximate surface area is 139 Å². The lowest BCUT2D eigenvalue weighted by Crippen LogP contribution is -2.55. The smallest absolute Gasteiger partial charge is 0.261 e. The van der Waals surface area contributed by atoms with E-state index in [2.05, 4.69) is 24.1 Å². The van der Waals surface area contributed by atoms with Crippen molar-refractivity contribution < 1.29 is 13.9 Å². The molecule has 4 nitrogen and oxygen atoms in total. The first kappa shape index (κ1) is 16.4. The molecule has 0 unspecified atom stereocenters. The number of carbonyl (C=O) groups is 1. The van der Waals surface area contributed by atoms with Gasteiger partial charge in [0.15, 0.2) is 0 Å². The summed E-state index contributed by atoms with van der Waals surface area (Å²) in [5.74, 6) is -0.432. The van der Waals surface area contributed by atoms with Crippen molar-refractivity contribution in [3.8, 4) is 0 Å². The zero-order valence-corrected chi connectivity index (χ0v) is 14.2. The predicted octanol–water partition coefficient (Wildman–Crippen LogP) is 2.88. The summed E-state index contributed by atoms with van der Waals surface area (Å²) in [7, 11) is 0. The van der Waals surface area contributed by atoms with Crippen molar-refractivity contribution in [3.63, 3.8) is 0 Å². The number of amides is 1. The fourth-order valence-electron chi connectivity index (χ4n) is 2.80. The van der Waals surface area contributed by atoms with Gasteiger partial charge in [-0.25, -0.2) is 4.39 Å². The summed E-state index contributed by atoms with van der Waals surface area (Å²) in [6.07, 6.45) is 0. The van der Waals surface area contributed by atoms with Gasteiger partial charge in [-0.3, -0.25) is 9.69 Å². The zero-order valence-electron chi connectivity index (χ0n) is 13.4. The van der Waals surface area contributed by atoms with E-state index in [1.54, 1.807) is 12.1 Å². The van der Waals surface area contributed by atoms with E-state index in [4.69, 9.17) is 4.74 Å². The van der Waals surface area contributed by atoms with Crippen LogP contribution in [0.15, 0.2) is 24.3 Å². The molecule has 1 aliphatic rings. The van der Waals surface area contributed by atoms with Gasteiger partial charge >= 0.3 is 0 Å². The molecule has 6 heteroatoms. The van der Waals surface area contributed by atoms with Crippen LogP contribution in [0.1, 0.15) is 23.5 Å². The van der Waals surface area contributed by atoms with Crippen LogP contribution in [0, 0.1) is 5.82 Å². The Balaban J connectivity index is 1.67. The normalized spacial score (nSPS) is 16.7. The van der Waals surface area contributed by atoms with Crippen LogP contribution in [0.2, 0.25) is 0 Å². The number of rotatable bonds is 4. The molecule has 1 saturated heterocycles. The SMILES string of the molecule is CC(C)(CNC(=O)c1cc2c(F)cccc2s1)N1CCOCC1. The lowest BCUT2D eigenvalue weighted by atomic mass is 10.0. The molecule has 2 aromatic rings. The summed E-state index contributed by atoms with van der Waals surface area (Å²) in [5, 5.41) is 3.49. The predicted molar refractivity (Wildman–Crippen MR) is 90.6 cm³/mol. The van der Waals surface area contributed by atoms with Crippen LogP contribution in [0.25, 0.3) is 10.1 Å². The van der Waals surface area contributed by atoms with Gasteiger partial charge in [0, 0.05) is 35.3 Å². The Morgan fingerprint density at radius 2 is 2.13 bits per heavy atom. The van der Waals surface area contributed by atoms with Gasteiger partial charge in [0.05, 0.1) is 18.1 Å². The van der Waals surface area contributed by atoms with E-state index in [0.29, 0.717) is 16.8 Å². The van der Waals surface area contributed by atoms with Crippen molar-refractivity contribution in [3.05, 3.63) is 35.0 Å². The number of hydrogen-bond acceptors (Lipinski definition) is 4. The minimum atomic E-state index is -0.286. The molecule has 0 saturated carbocycles. The largest absolute Gasteiger partial charge is 0.379 e. The van der Waals surface area contributed by atoms with E-state index in [0.717, 1.165) is 31.0 Å². The average Bonchev–Trinajstić information content (AvgIpc) is 2.99. The number of benzene rings is 1. The summed E-state index contributed by atoms with van der Waals surface area (Å²) < 4.78 is 19.9. The van der Waals surface area contributed by atoms with E-state index < -0.39 is 0 Å². The third-order valence-electron chi connectivity index (χ3n) is 4.28. The maximum absolute atomic E-state index is 13.7. The molecular formula is C17H21FN2O2S. The molecule has 1 aromatic carbocycles. The summed E-state index contributed by atoms with van der Waals surface area (Å²) in [6, 6.07) is 6.54. The van der Waals surface area contributed by atoms with E-state index in [1.807, 2.05) is 6.07 Å². The minimum Gasteiger partial charge on any atom is -0.379 e. The second kappa shape index (κ2) is 6.55. The highest BCUT2D eigenvalue weighted by molar-refractivity contribution is 7.20. The molecule has 0 atom stereocenters. The molecule has 1 aromatic heterocycles. The number of thiophene rings is 1. The molecule has 124 valence electrons. The molecule has 1 aliphatic heterocycles. The third-order valence-corrected chi connectivity index (χ3v) is 5.38. The molecule has 2 heterocycles. The molecule has 0 aliphatic carbocycles. The first-order chi connectivity index (χ1) is 11.0. The van der Waals surface area contributed by atoms with Gasteiger partial charge in [0.1, 0.15) is 5.82 Å². The highest BCUT2D eigenvalue weighted by Crippen LogP contribution is 2.27. The molecule has 3 rings (SSSR count). The van der Waals surface area contributed by atoms with Crippen LogP contribution in [0.4, 0.5) is 4.39 Å². The third kappa shape index (κ3) is 3.54. The summed E-state index contributed by atoms with van der Waals surface area (Å²) >= 11 is 1.32. The number of ether oxygens (including phenoxy) is 1. The molecule has 0 bridgehead atoms. The lowest BCUT2D eigenvalue weighted by Gasteiger charge is -2.40. The van der Waals surface area contributed by atoms with Gasteiger partial charge in [-0.2, -0.15) is 0 Å². The van der Waals surface area contributed by atoms with E-state index >= 15 is 0 Å². The highest BCUT2D eigenvalue weighted by Gasteiger charge is 2.28. The van der Waals surface area contributed by atoms with Gasteiger partial charge < -0.3 is 10.1 Å². The van der Waals surface area contributed by atoms with E-state index in [-0.39, 0.29) is 17.3 Å². The Kier molecular flexibility index (Phi) is 4.66. The van der Waals surface area contributed by atoms with Gasteiger partial charge in [0.2, 0.25) is 0 Å². The van der Waals surface area contributed by atoms with Gasteiger partial charge in [-0.05, 0) is 32.0 Å². The van der Waals surface area contributed by atoms with Gasteiger partial charge in [-0.15, -0.1) is 11.3 Å². The van der Waals surface area contributed by atoms with E-state index in [1.165, 1.54) is 17.4 Å². The number of nitrogens with one attached hydrogen (secondary N) is 1. The van der Waals surface area contributed by atoms with Gasteiger partial charge in [0.25, 0.3) is 5.91 Å². The number of halogens is 1. The maximum atomic E-state index is 13.7. The van der Waals surface area contributed by atoms with E-state index in [9.17, 15) is 9.18 Å². The van der Waals surface area contributed by atoms with Crippen molar-refractivity contribution in [1.29, 1.82) is 0 Å². The zero-order chi connectivity index (χ0) is 16.4. The molecular weight excluding hydrogens is 315 g/mol. The van der Waals surface area contributed by atoms with Crippen molar-refractivity contribution in [1.82, 2.24) is 10.2 Å². The first-order valence-corrected chi connectivity index (χ1v) is 8.58. The molecule has 1 fully saturated rings. The molecule has 0 spiro atoms. The second-order valence-electron chi connectivity index (χ2n) is 6.36. The number of nitrogens with zero attached hydrogens (tertiary/aromatic N) is 1. The Bertz CT molecular complexity index is 708. The second-order valence-corrected chi connectivity index (χ2v) is 7.44. The fraction of sp³-hybridized carbons (Fsp3) is 0.471. The average molecular weight is 336 g/mol. The minimum absolute atomic E-state index is 0.138. The summed E-state index contributed by atoms with van der Waals surface area (Å²) in [6.45, 7) is 7.98. The highest BCUT2D eigenvalue weighted by atomic mass is 32.1. The number of fused-ring (bicyclic) bond motifs is 1. The maximum Gasteiger partial charge on any atom is 0.261 e. The number of hydrogen-bond donors (Lipinski definition) is 1. The lowest BCUT2D eigenvalue weighted by molar-refractivity contribution is -0.00922. The fourth-order valence-corrected chi connectivity index (χ4v) is 3.79. The number of carbonyl (C=O) groups excluding carboxylic acids is 1. The Morgan fingerprint density at radius 3 is 2.83 bits per heavy atom. The summed E-state index contributed by atoms with van der Waals surface area (Å²) in [5.41, 5.74) is -0.138. The first-order valence-electron chi connectivity index (χ1n) is 7.76. The molecule has 23 heavy (non-hydrogen) atoms. The van der Waals surface area contributed by atoms with Crippen molar-refractivity contribution in [2.75, 3.05) is 32.8 Å². The molecule has 1 N–H and O–H groups in total. The Hall–Kier alpha value is -1.50. The van der Waals surface area contributed by atoms with Crippen LogP contribution in [-0.4, -0.2) is 49.2 Å². The van der Waals surface area contributed by atoms with Crippen molar-refractivity contribution in [2.24, 2.45) is 0 Å². The van der Waals surface area contributed by atoms with Crippen LogP contribution >= 0.6 is 11.3 Å².